The number of rotatable bonds is 7. The number of carbonyl (C=O) groups is 2. The molecule has 2 N–H and O–H groups in total. The number of carboxylic acid groups (broad SMARTS) is 1. The summed E-state index contributed by atoms with van der Waals surface area (Å²) in [5.41, 5.74) is 1.76. The van der Waals surface area contributed by atoms with Gasteiger partial charge in [-0.3, -0.25) is 14.3 Å². The lowest BCUT2D eigenvalue weighted by molar-refractivity contribution is -0.137. The van der Waals surface area contributed by atoms with Gasteiger partial charge in [-0.25, -0.2) is 0 Å². The van der Waals surface area contributed by atoms with Crippen molar-refractivity contribution in [3.63, 3.8) is 0 Å². The first-order valence-electron chi connectivity index (χ1n) is 7.36. The van der Waals surface area contributed by atoms with Crippen LogP contribution in [0.5, 0.6) is 0 Å². The van der Waals surface area contributed by atoms with E-state index >= 15 is 0 Å². The van der Waals surface area contributed by atoms with E-state index in [-0.39, 0.29) is 18.9 Å². The van der Waals surface area contributed by atoms with Crippen molar-refractivity contribution >= 4 is 11.9 Å². The first-order chi connectivity index (χ1) is 10.1. The fourth-order valence-corrected chi connectivity index (χ4v) is 2.38. The topological polar surface area (TPSA) is 84.2 Å². The third kappa shape index (κ3) is 5.06. The van der Waals surface area contributed by atoms with Crippen molar-refractivity contribution in [2.75, 3.05) is 6.54 Å². The number of aryl methyl sites for hydroxylation is 1. The van der Waals surface area contributed by atoms with Crippen molar-refractivity contribution in [3.8, 4) is 0 Å². The normalized spacial score (nSPS) is 14.6. The first kappa shape index (κ1) is 15.3. The largest absolute Gasteiger partial charge is 0.481 e. The van der Waals surface area contributed by atoms with Gasteiger partial charge in [-0.2, -0.15) is 5.10 Å². The second-order valence-corrected chi connectivity index (χ2v) is 5.22. The highest BCUT2D eigenvalue weighted by Gasteiger charge is 2.10. The van der Waals surface area contributed by atoms with E-state index in [1.807, 2.05) is 0 Å². The Bertz CT molecular complexity index is 534. The Morgan fingerprint density at radius 2 is 2.24 bits per heavy atom. The molecule has 114 valence electrons. The number of carbonyl (C=O) groups excluding carboxylic acids is 1. The van der Waals surface area contributed by atoms with Crippen molar-refractivity contribution in [3.05, 3.63) is 29.6 Å². The molecular weight excluding hydrogens is 270 g/mol. The zero-order chi connectivity index (χ0) is 15.1. The molecule has 0 radical (unpaired) electrons. The molecule has 1 aromatic rings. The Hall–Kier alpha value is -2.11. The van der Waals surface area contributed by atoms with Crippen molar-refractivity contribution in [2.45, 2.75) is 45.1 Å². The van der Waals surface area contributed by atoms with E-state index in [9.17, 15) is 9.59 Å². The van der Waals surface area contributed by atoms with Crippen molar-refractivity contribution in [1.29, 1.82) is 0 Å². The lowest BCUT2D eigenvalue weighted by Crippen LogP contribution is -2.25. The van der Waals surface area contributed by atoms with E-state index in [4.69, 9.17) is 5.11 Å². The molecule has 1 heterocycles. The van der Waals surface area contributed by atoms with Gasteiger partial charge in [-0.15, -0.1) is 0 Å². The molecule has 0 aromatic carbocycles. The van der Waals surface area contributed by atoms with Crippen LogP contribution in [0.3, 0.4) is 0 Å². The van der Waals surface area contributed by atoms with Gasteiger partial charge in [0.05, 0.1) is 13.0 Å². The highest BCUT2D eigenvalue weighted by Crippen LogP contribution is 2.19. The van der Waals surface area contributed by atoms with Crippen LogP contribution in [0, 0.1) is 0 Å². The van der Waals surface area contributed by atoms with Gasteiger partial charge < -0.3 is 10.4 Å². The molecule has 1 aliphatic rings. The third-order valence-electron chi connectivity index (χ3n) is 3.54. The second-order valence-electron chi connectivity index (χ2n) is 5.22. The number of carboxylic acids is 1. The molecule has 1 aromatic heterocycles. The molecule has 21 heavy (non-hydrogen) atoms. The summed E-state index contributed by atoms with van der Waals surface area (Å²) >= 11 is 0. The highest BCUT2D eigenvalue weighted by molar-refractivity contribution is 5.92. The number of hydrogen-bond acceptors (Lipinski definition) is 3. The molecule has 0 bridgehead atoms. The monoisotopic (exact) mass is 291 g/mol. The number of hydrogen-bond donors (Lipinski definition) is 2. The molecule has 2 rings (SSSR count). The maximum Gasteiger partial charge on any atom is 0.305 e. The SMILES string of the molecule is O=C(O)CCn1ccc(C(=O)NCCC2=CCCCC2)n1. The van der Waals surface area contributed by atoms with Gasteiger partial charge in [0.15, 0.2) is 0 Å². The number of aliphatic carboxylic acids is 1. The molecule has 1 aliphatic carbocycles. The fourth-order valence-electron chi connectivity index (χ4n) is 2.38. The predicted octanol–water partition coefficient (Wildman–Crippen LogP) is 1.98. The summed E-state index contributed by atoms with van der Waals surface area (Å²) in [6.45, 7) is 0.891. The Balaban J connectivity index is 1.75. The van der Waals surface area contributed by atoms with Crippen molar-refractivity contribution in [1.82, 2.24) is 15.1 Å². The number of allylic oxidation sites excluding steroid dienone is 1. The van der Waals surface area contributed by atoms with Crippen LogP contribution in [0.4, 0.5) is 0 Å². The Kier molecular flexibility index (Phi) is 5.54. The van der Waals surface area contributed by atoms with Crippen LogP contribution in [0.25, 0.3) is 0 Å². The molecule has 0 fully saturated rings. The minimum absolute atomic E-state index is 0.00308. The van der Waals surface area contributed by atoms with Crippen LogP contribution in [0.1, 0.15) is 49.0 Å². The van der Waals surface area contributed by atoms with Gasteiger partial charge in [0.1, 0.15) is 5.69 Å². The van der Waals surface area contributed by atoms with Crippen molar-refractivity contribution in [2.24, 2.45) is 0 Å². The summed E-state index contributed by atoms with van der Waals surface area (Å²) in [6.07, 6.45) is 9.59. The van der Waals surface area contributed by atoms with Crippen LogP contribution in [0.15, 0.2) is 23.9 Å². The summed E-state index contributed by atoms with van der Waals surface area (Å²) in [5, 5.41) is 15.5. The minimum Gasteiger partial charge on any atom is -0.481 e. The zero-order valence-electron chi connectivity index (χ0n) is 12.0. The zero-order valence-corrected chi connectivity index (χ0v) is 12.0. The van der Waals surface area contributed by atoms with Crippen LogP contribution in [0.2, 0.25) is 0 Å². The van der Waals surface area contributed by atoms with Gasteiger partial charge in [0, 0.05) is 12.7 Å². The van der Waals surface area contributed by atoms with E-state index in [0.29, 0.717) is 12.2 Å². The number of nitrogens with zero attached hydrogens (tertiary/aromatic N) is 2. The van der Waals surface area contributed by atoms with E-state index in [1.54, 1.807) is 12.3 Å². The second kappa shape index (κ2) is 7.61. The number of aromatic nitrogens is 2. The van der Waals surface area contributed by atoms with E-state index in [2.05, 4.69) is 16.5 Å². The summed E-state index contributed by atoms with van der Waals surface area (Å²) in [4.78, 5) is 22.4. The smallest absolute Gasteiger partial charge is 0.305 e. The molecule has 6 nitrogen and oxygen atoms in total. The van der Waals surface area contributed by atoms with Gasteiger partial charge in [0.25, 0.3) is 5.91 Å². The molecule has 0 aliphatic heterocycles. The standard InChI is InChI=1S/C15H21N3O3/c19-14(20)8-11-18-10-7-13(17-18)15(21)16-9-6-12-4-2-1-3-5-12/h4,7,10H,1-3,5-6,8-9,11H2,(H,16,21)(H,19,20). The van der Waals surface area contributed by atoms with Gasteiger partial charge in [-0.1, -0.05) is 11.6 Å². The summed E-state index contributed by atoms with van der Waals surface area (Å²) in [7, 11) is 0. The van der Waals surface area contributed by atoms with Crippen LogP contribution >= 0.6 is 0 Å². The maximum atomic E-state index is 11.9. The first-order valence-corrected chi connectivity index (χ1v) is 7.36. The van der Waals surface area contributed by atoms with E-state index in [0.717, 1.165) is 19.3 Å². The van der Waals surface area contributed by atoms with Gasteiger partial charge >= 0.3 is 5.97 Å². The number of amides is 1. The molecule has 1 amide bonds. The third-order valence-corrected chi connectivity index (χ3v) is 3.54. The molecule has 0 saturated heterocycles. The predicted molar refractivity (Wildman–Crippen MR) is 78.0 cm³/mol. The van der Waals surface area contributed by atoms with Crippen molar-refractivity contribution < 1.29 is 14.7 Å². The Labute approximate surface area is 123 Å². The lowest BCUT2D eigenvalue weighted by Gasteiger charge is -2.12. The van der Waals surface area contributed by atoms with Crippen LogP contribution < -0.4 is 5.32 Å². The summed E-state index contributed by atoms with van der Waals surface area (Å²) in [5.74, 6) is -1.09. The van der Waals surface area contributed by atoms with Crippen LogP contribution in [-0.4, -0.2) is 33.3 Å². The Morgan fingerprint density at radius 3 is 2.95 bits per heavy atom. The maximum absolute atomic E-state index is 11.9. The van der Waals surface area contributed by atoms with Gasteiger partial charge in [-0.05, 0) is 38.2 Å². The Morgan fingerprint density at radius 1 is 1.38 bits per heavy atom. The van der Waals surface area contributed by atoms with Gasteiger partial charge in [0.2, 0.25) is 0 Å². The quantitative estimate of drug-likeness (QED) is 0.752. The molecule has 0 unspecified atom stereocenters. The average molecular weight is 291 g/mol. The number of nitrogens with one attached hydrogen (secondary N) is 1. The average Bonchev–Trinajstić information content (AvgIpc) is 2.95. The molecule has 0 atom stereocenters. The molecule has 0 spiro atoms. The highest BCUT2D eigenvalue weighted by atomic mass is 16.4. The fraction of sp³-hybridized carbons (Fsp3) is 0.533. The minimum atomic E-state index is -0.878. The van der Waals surface area contributed by atoms with E-state index < -0.39 is 5.97 Å². The summed E-state index contributed by atoms with van der Waals surface area (Å²) in [6, 6.07) is 1.61. The van der Waals surface area contributed by atoms with E-state index in [1.165, 1.54) is 23.1 Å². The van der Waals surface area contributed by atoms with Crippen LogP contribution in [-0.2, 0) is 11.3 Å². The molecular formula is C15H21N3O3. The summed E-state index contributed by atoms with van der Waals surface area (Å²) < 4.78 is 1.48. The molecule has 0 saturated carbocycles. The lowest BCUT2D eigenvalue weighted by atomic mass is 9.97. The molecule has 6 heteroatoms.